The van der Waals surface area contributed by atoms with Crippen molar-refractivity contribution in [3.63, 3.8) is 0 Å². The van der Waals surface area contributed by atoms with Crippen molar-refractivity contribution in [3.05, 3.63) is 95.6 Å². The molecule has 1 heterocycles. The van der Waals surface area contributed by atoms with E-state index >= 15 is 0 Å². The van der Waals surface area contributed by atoms with E-state index in [0.29, 0.717) is 17.8 Å². The standard InChI is InChI=1S/C20H16FN3O2/c21-17-5-1-4-16(11-17)20(26)24-18-8-6-15(7-9-18)19(25)23-13-14-3-2-10-22-12-14/h1-12H,13H2,(H,23,25)(H,24,26). The lowest BCUT2D eigenvalue weighted by atomic mass is 10.1. The molecule has 0 unspecified atom stereocenters. The first-order valence-corrected chi connectivity index (χ1v) is 7.96. The summed E-state index contributed by atoms with van der Waals surface area (Å²) < 4.78 is 13.2. The third kappa shape index (κ3) is 4.51. The minimum absolute atomic E-state index is 0.225. The number of benzene rings is 2. The van der Waals surface area contributed by atoms with Crippen LogP contribution in [0, 0.1) is 5.82 Å². The lowest BCUT2D eigenvalue weighted by Crippen LogP contribution is -2.22. The summed E-state index contributed by atoms with van der Waals surface area (Å²) in [5.41, 5.74) is 2.11. The van der Waals surface area contributed by atoms with Crippen LogP contribution in [0.25, 0.3) is 0 Å². The van der Waals surface area contributed by atoms with Gasteiger partial charge in [-0.25, -0.2) is 4.39 Å². The quantitative estimate of drug-likeness (QED) is 0.742. The fourth-order valence-corrected chi connectivity index (χ4v) is 2.33. The Bertz CT molecular complexity index is 912. The van der Waals surface area contributed by atoms with Gasteiger partial charge in [-0.05, 0) is 54.1 Å². The molecule has 5 nitrogen and oxygen atoms in total. The smallest absolute Gasteiger partial charge is 0.255 e. The molecule has 0 radical (unpaired) electrons. The number of nitrogens with zero attached hydrogens (tertiary/aromatic N) is 1. The molecule has 0 aliphatic carbocycles. The Balaban J connectivity index is 1.59. The third-order valence-electron chi connectivity index (χ3n) is 3.67. The number of anilines is 1. The van der Waals surface area contributed by atoms with Crippen LogP contribution in [0.4, 0.5) is 10.1 Å². The van der Waals surface area contributed by atoms with Gasteiger partial charge in [0.2, 0.25) is 0 Å². The Morgan fingerprint density at radius 1 is 0.923 bits per heavy atom. The van der Waals surface area contributed by atoms with Crippen LogP contribution < -0.4 is 10.6 Å². The third-order valence-corrected chi connectivity index (χ3v) is 3.67. The predicted octanol–water partition coefficient (Wildman–Crippen LogP) is 3.40. The zero-order valence-electron chi connectivity index (χ0n) is 13.8. The van der Waals surface area contributed by atoms with Crippen molar-refractivity contribution in [3.8, 4) is 0 Å². The maximum absolute atomic E-state index is 13.2. The second-order valence-electron chi connectivity index (χ2n) is 5.59. The van der Waals surface area contributed by atoms with Gasteiger partial charge in [0.15, 0.2) is 0 Å². The van der Waals surface area contributed by atoms with Crippen LogP contribution in [0.3, 0.4) is 0 Å². The summed E-state index contributed by atoms with van der Waals surface area (Å²) in [5.74, 6) is -1.12. The maximum Gasteiger partial charge on any atom is 0.255 e. The molecule has 6 heteroatoms. The summed E-state index contributed by atoms with van der Waals surface area (Å²) in [6, 6.07) is 15.6. The molecule has 2 N–H and O–H groups in total. The molecule has 0 aliphatic rings. The summed E-state index contributed by atoms with van der Waals surface area (Å²) in [4.78, 5) is 28.2. The zero-order valence-corrected chi connectivity index (χ0v) is 13.8. The van der Waals surface area contributed by atoms with Crippen molar-refractivity contribution < 1.29 is 14.0 Å². The van der Waals surface area contributed by atoms with Gasteiger partial charge in [0, 0.05) is 35.8 Å². The van der Waals surface area contributed by atoms with Crippen molar-refractivity contribution in [1.82, 2.24) is 10.3 Å². The average molecular weight is 349 g/mol. The van der Waals surface area contributed by atoms with E-state index in [1.165, 1.54) is 18.2 Å². The fourth-order valence-electron chi connectivity index (χ4n) is 2.33. The number of carbonyl (C=O) groups excluding carboxylic acids is 2. The largest absolute Gasteiger partial charge is 0.348 e. The number of aromatic nitrogens is 1. The van der Waals surface area contributed by atoms with Gasteiger partial charge < -0.3 is 10.6 Å². The van der Waals surface area contributed by atoms with E-state index in [1.54, 1.807) is 42.7 Å². The van der Waals surface area contributed by atoms with Gasteiger partial charge >= 0.3 is 0 Å². The van der Waals surface area contributed by atoms with E-state index in [9.17, 15) is 14.0 Å². The first kappa shape index (κ1) is 17.3. The second kappa shape index (κ2) is 8.02. The molecule has 2 aromatic carbocycles. The molecule has 2 amide bonds. The Morgan fingerprint density at radius 2 is 1.73 bits per heavy atom. The lowest BCUT2D eigenvalue weighted by molar-refractivity contribution is 0.0950. The van der Waals surface area contributed by atoms with Gasteiger partial charge in [0.05, 0.1) is 0 Å². The maximum atomic E-state index is 13.2. The number of hydrogen-bond acceptors (Lipinski definition) is 3. The average Bonchev–Trinajstić information content (AvgIpc) is 2.67. The van der Waals surface area contributed by atoms with Crippen molar-refractivity contribution in [2.24, 2.45) is 0 Å². The molecule has 1 aromatic heterocycles. The Kier molecular flexibility index (Phi) is 5.34. The first-order valence-electron chi connectivity index (χ1n) is 7.96. The van der Waals surface area contributed by atoms with Gasteiger partial charge in [0.25, 0.3) is 11.8 Å². The van der Waals surface area contributed by atoms with Crippen molar-refractivity contribution >= 4 is 17.5 Å². The Hall–Kier alpha value is -3.54. The SMILES string of the molecule is O=C(NCc1cccnc1)c1ccc(NC(=O)c2cccc(F)c2)cc1. The number of hydrogen-bond donors (Lipinski definition) is 2. The Labute approximate surface area is 149 Å². The van der Waals surface area contributed by atoms with Crippen molar-refractivity contribution in [1.29, 1.82) is 0 Å². The summed E-state index contributed by atoms with van der Waals surface area (Å²) >= 11 is 0. The highest BCUT2D eigenvalue weighted by atomic mass is 19.1. The normalized spacial score (nSPS) is 10.2. The number of nitrogens with one attached hydrogen (secondary N) is 2. The predicted molar refractivity (Wildman–Crippen MR) is 96.2 cm³/mol. The molecule has 0 spiro atoms. The van der Waals surface area contributed by atoms with E-state index in [1.807, 2.05) is 6.07 Å². The summed E-state index contributed by atoms with van der Waals surface area (Å²) in [6.07, 6.45) is 3.35. The van der Waals surface area contributed by atoms with Crippen LogP contribution in [-0.2, 0) is 6.54 Å². The number of amides is 2. The van der Waals surface area contributed by atoms with Crippen LogP contribution in [0.2, 0.25) is 0 Å². The molecular formula is C20H16FN3O2. The first-order chi connectivity index (χ1) is 12.6. The van der Waals surface area contributed by atoms with Gasteiger partial charge in [-0.15, -0.1) is 0 Å². The Morgan fingerprint density at radius 3 is 2.42 bits per heavy atom. The topological polar surface area (TPSA) is 71.1 Å². The van der Waals surface area contributed by atoms with Gasteiger partial charge in [-0.1, -0.05) is 12.1 Å². The molecule has 130 valence electrons. The van der Waals surface area contributed by atoms with E-state index in [0.717, 1.165) is 11.6 Å². The highest BCUT2D eigenvalue weighted by Crippen LogP contribution is 2.12. The molecule has 0 saturated carbocycles. The van der Waals surface area contributed by atoms with Crippen LogP contribution >= 0.6 is 0 Å². The summed E-state index contributed by atoms with van der Waals surface area (Å²) in [6.45, 7) is 0.380. The minimum Gasteiger partial charge on any atom is -0.348 e. The fraction of sp³-hybridized carbons (Fsp3) is 0.0500. The van der Waals surface area contributed by atoms with Crippen LogP contribution in [0.15, 0.2) is 73.1 Å². The summed E-state index contributed by atoms with van der Waals surface area (Å²) in [5, 5.41) is 5.46. The molecule has 3 aromatic rings. The van der Waals surface area contributed by atoms with E-state index < -0.39 is 11.7 Å². The minimum atomic E-state index is -0.474. The molecule has 0 fully saturated rings. The monoisotopic (exact) mass is 349 g/mol. The van der Waals surface area contributed by atoms with E-state index in [4.69, 9.17) is 0 Å². The van der Waals surface area contributed by atoms with Crippen molar-refractivity contribution in [2.75, 3.05) is 5.32 Å². The van der Waals surface area contributed by atoms with Gasteiger partial charge in [-0.3, -0.25) is 14.6 Å². The zero-order chi connectivity index (χ0) is 18.4. The lowest BCUT2D eigenvalue weighted by Gasteiger charge is -2.08. The van der Waals surface area contributed by atoms with Crippen molar-refractivity contribution in [2.45, 2.75) is 6.54 Å². The highest BCUT2D eigenvalue weighted by molar-refractivity contribution is 6.04. The molecule has 3 rings (SSSR count). The van der Waals surface area contributed by atoms with Crippen LogP contribution in [0.5, 0.6) is 0 Å². The van der Waals surface area contributed by atoms with Crippen LogP contribution in [0.1, 0.15) is 26.3 Å². The number of pyridine rings is 1. The molecular weight excluding hydrogens is 333 g/mol. The molecule has 0 aliphatic heterocycles. The summed E-state index contributed by atoms with van der Waals surface area (Å²) in [7, 11) is 0. The molecule has 0 atom stereocenters. The highest BCUT2D eigenvalue weighted by Gasteiger charge is 2.09. The van der Waals surface area contributed by atoms with Gasteiger partial charge in [-0.2, -0.15) is 0 Å². The van der Waals surface area contributed by atoms with E-state index in [2.05, 4.69) is 15.6 Å². The molecule has 0 bridgehead atoms. The van der Waals surface area contributed by atoms with Crippen LogP contribution in [-0.4, -0.2) is 16.8 Å². The number of rotatable bonds is 5. The number of halogens is 1. The second-order valence-corrected chi connectivity index (χ2v) is 5.59. The number of carbonyl (C=O) groups is 2. The molecule has 26 heavy (non-hydrogen) atoms. The van der Waals surface area contributed by atoms with Gasteiger partial charge in [0.1, 0.15) is 5.82 Å². The molecule has 0 saturated heterocycles. The van der Waals surface area contributed by atoms with E-state index in [-0.39, 0.29) is 11.5 Å².